The molecule has 0 aromatic heterocycles. The summed E-state index contributed by atoms with van der Waals surface area (Å²) in [4.78, 5) is 0. The third-order valence-electron chi connectivity index (χ3n) is 3.12. The number of rotatable bonds is 6. The van der Waals surface area contributed by atoms with E-state index in [4.69, 9.17) is 28.3 Å². The second kappa shape index (κ2) is 6.76. The smallest absolute Gasteiger partial charge is 0.0595 e. The van der Waals surface area contributed by atoms with E-state index >= 15 is 0 Å². The van der Waals surface area contributed by atoms with E-state index in [1.807, 2.05) is 18.2 Å². The molecule has 1 rings (SSSR count). The van der Waals surface area contributed by atoms with Gasteiger partial charge in [0, 0.05) is 19.2 Å². The van der Waals surface area contributed by atoms with E-state index in [1.54, 1.807) is 0 Å². The first kappa shape index (κ1) is 15.8. The van der Waals surface area contributed by atoms with Gasteiger partial charge in [0.1, 0.15) is 0 Å². The molecular weight excluding hydrogens is 269 g/mol. The van der Waals surface area contributed by atoms with Crippen molar-refractivity contribution >= 4 is 23.2 Å². The molecule has 18 heavy (non-hydrogen) atoms. The lowest BCUT2D eigenvalue weighted by molar-refractivity contribution is 0.204. The molecular formula is C14H21Cl2NO. The second-order valence-electron chi connectivity index (χ2n) is 5.41. The van der Waals surface area contributed by atoms with Gasteiger partial charge in [-0.3, -0.25) is 0 Å². The average molecular weight is 290 g/mol. The molecule has 1 atom stereocenters. The maximum atomic E-state index is 8.99. The highest BCUT2D eigenvalue weighted by molar-refractivity contribution is 6.42. The van der Waals surface area contributed by atoms with Crippen LogP contribution in [0.15, 0.2) is 18.2 Å². The predicted octanol–water partition coefficient (Wildman–Crippen LogP) is 4.05. The Morgan fingerprint density at radius 1 is 1.28 bits per heavy atom. The molecule has 0 saturated carbocycles. The Morgan fingerprint density at radius 3 is 2.50 bits per heavy atom. The molecule has 4 heteroatoms. The Balaban J connectivity index is 2.60. The van der Waals surface area contributed by atoms with Crippen molar-refractivity contribution in [1.29, 1.82) is 0 Å². The largest absolute Gasteiger partial charge is 0.396 e. The Morgan fingerprint density at radius 2 is 1.94 bits per heavy atom. The minimum atomic E-state index is 0.0826. The molecule has 0 saturated heterocycles. The fourth-order valence-electron chi connectivity index (χ4n) is 1.72. The lowest BCUT2D eigenvalue weighted by Gasteiger charge is -2.26. The normalized spacial score (nSPS) is 13.7. The maximum absolute atomic E-state index is 8.99. The zero-order chi connectivity index (χ0) is 13.8. The summed E-state index contributed by atoms with van der Waals surface area (Å²) in [5, 5.41) is 13.6. The standard InChI is InChI=1S/C14H21Cl2NO/c1-10(17-9-14(2,3)6-7-18)11-4-5-12(15)13(16)8-11/h4-5,8,10,17-18H,6-7,9H2,1-3H3. The van der Waals surface area contributed by atoms with E-state index in [0.29, 0.717) is 10.0 Å². The number of hydrogen-bond donors (Lipinski definition) is 2. The SMILES string of the molecule is CC(NCC(C)(C)CCO)c1ccc(Cl)c(Cl)c1. The van der Waals surface area contributed by atoms with Gasteiger partial charge in [-0.05, 0) is 36.5 Å². The van der Waals surface area contributed by atoms with Crippen molar-refractivity contribution in [2.45, 2.75) is 33.2 Å². The summed E-state index contributed by atoms with van der Waals surface area (Å²) >= 11 is 11.9. The first-order valence-corrected chi connectivity index (χ1v) is 6.90. The van der Waals surface area contributed by atoms with Crippen molar-refractivity contribution in [3.63, 3.8) is 0 Å². The van der Waals surface area contributed by atoms with Gasteiger partial charge in [-0.2, -0.15) is 0 Å². The third kappa shape index (κ3) is 4.77. The minimum absolute atomic E-state index is 0.0826. The van der Waals surface area contributed by atoms with Crippen molar-refractivity contribution in [3.8, 4) is 0 Å². The minimum Gasteiger partial charge on any atom is -0.396 e. The summed E-state index contributed by atoms with van der Waals surface area (Å²) < 4.78 is 0. The Labute approximate surface area is 119 Å². The zero-order valence-corrected chi connectivity index (χ0v) is 12.6. The lowest BCUT2D eigenvalue weighted by Crippen LogP contribution is -2.32. The predicted molar refractivity (Wildman–Crippen MR) is 78.4 cm³/mol. The summed E-state index contributed by atoms with van der Waals surface area (Å²) in [6, 6.07) is 5.89. The molecule has 0 aliphatic rings. The van der Waals surface area contributed by atoms with Crippen molar-refractivity contribution in [1.82, 2.24) is 5.32 Å². The summed E-state index contributed by atoms with van der Waals surface area (Å²) in [5.74, 6) is 0. The van der Waals surface area contributed by atoms with Gasteiger partial charge in [-0.1, -0.05) is 43.1 Å². The average Bonchev–Trinajstić information content (AvgIpc) is 2.30. The van der Waals surface area contributed by atoms with Crippen LogP contribution in [0.25, 0.3) is 0 Å². The number of nitrogens with one attached hydrogen (secondary N) is 1. The van der Waals surface area contributed by atoms with E-state index in [1.165, 1.54) is 0 Å². The van der Waals surface area contributed by atoms with E-state index in [0.717, 1.165) is 18.5 Å². The molecule has 0 heterocycles. The van der Waals surface area contributed by atoms with Crippen LogP contribution in [0.3, 0.4) is 0 Å². The number of hydrogen-bond acceptors (Lipinski definition) is 2. The molecule has 0 bridgehead atoms. The van der Waals surface area contributed by atoms with Gasteiger partial charge in [0.25, 0.3) is 0 Å². The molecule has 0 aliphatic carbocycles. The zero-order valence-electron chi connectivity index (χ0n) is 11.1. The topological polar surface area (TPSA) is 32.3 Å². The van der Waals surface area contributed by atoms with Gasteiger partial charge in [-0.15, -0.1) is 0 Å². The van der Waals surface area contributed by atoms with Crippen molar-refractivity contribution in [2.24, 2.45) is 5.41 Å². The molecule has 1 aromatic carbocycles. The molecule has 0 amide bonds. The molecule has 2 N–H and O–H groups in total. The fraction of sp³-hybridized carbons (Fsp3) is 0.571. The van der Waals surface area contributed by atoms with Crippen LogP contribution in [0, 0.1) is 5.41 Å². The Hall–Kier alpha value is -0.280. The van der Waals surface area contributed by atoms with Crippen LogP contribution in [0.1, 0.15) is 38.8 Å². The molecule has 0 fully saturated rings. The van der Waals surface area contributed by atoms with Crippen LogP contribution in [0.2, 0.25) is 10.0 Å². The van der Waals surface area contributed by atoms with Crippen molar-refractivity contribution in [2.75, 3.05) is 13.2 Å². The first-order chi connectivity index (χ1) is 8.35. The van der Waals surface area contributed by atoms with Gasteiger partial charge < -0.3 is 10.4 Å². The van der Waals surface area contributed by atoms with Crippen LogP contribution < -0.4 is 5.32 Å². The van der Waals surface area contributed by atoms with E-state index in [-0.39, 0.29) is 18.1 Å². The van der Waals surface area contributed by atoms with Crippen LogP contribution in [-0.2, 0) is 0 Å². The number of aliphatic hydroxyl groups excluding tert-OH is 1. The number of halogens is 2. The quantitative estimate of drug-likeness (QED) is 0.828. The van der Waals surface area contributed by atoms with Crippen LogP contribution >= 0.6 is 23.2 Å². The summed E-state index contributed by atoms with van der Waals surface area (Å²) in [6.45, 7) is 7.43. The molecule has 0 aliphatic heterocycles. The van der Waals surface area contributed by atoms with Crippen molar-refractivity contribution in [3.05, 3.63) is 33.8 Å². The maximum Gasteiger partial charge on any atom is 0.0595 e. The van der Waals surface area contributed by atoms with Crippen molar-refractivity contribution < 1.29 is 5.11 Å². The number of aliphatic hydroxyl groups is 1. The van der Waals surface area contributed by atoms with Gasteiger partial charge >= 0.3 is 0 Å². The third-order valence-corrected chi connectivity index (χ3v) is 3.86. The fourth-order valence-corrected chi connectivity index (χ4v) is 2.03. The first-order valence-electron chi connectivity index (χ1n) is 6.15. The van der Waals surface area contributed by atoms with Crippen LogP contribution in [-0.4, -0.2) is 18.3 Å². The van der Waals surface area contributed by atoms with Gasteiger partial charge in [0.05, 0.1) is 10.0 Å². The Kier molecular flexibility index (Phi) is 5.93. The molecule has 102 valence electrons. The highest BCUT2D eigenvalue weighted by Crippen LogP contribution is 2.26. The molecule has 2 nitrogen and oxygen atoms in total. The number of benzene rings is 1. The van der Waals surface area contributed by atoms with Gasteiger partial charge in [0.2, 0.25) is 0 Å². The van der Waals surface area contributed by atoms with Crippen LogP contribution in [0.5, 0.6) is 0 Å². The van der Waals surface area contributed by atoms with Gasteiger partial charge in [-0.25, -0.2) is 0 Å². The monoisotopic (exact) mass is 289 g/mol. The molecule has 1 unspecified atom stereocenters. The van der Waals surface area contributed by atoms with E-state index in [9.17, 15) is 0 Å². The molecule has 0 spiro atoms. The summed E-state index contributed by atoms with van der Waals surface area (Å²) in [7, 11) is 0. The summed E-state index contributed by atoms with van der Waals surface area (Å²) in [6.07, 6.45) is 0.786. The highest BCUT2D eigenvalue weighted by Gasteiger charge is 2.18. The van der Waals surface area contributed by atoms with E-state index in [2.05, 4.69) is 26.1 Å². The Bertz CT molecular complexity index is 393. The van der Waals surface area contributed by atoms with Crippen LogP contribution in [0.4, 0.5) is 0 Å². The second-order valence-corrected chi connectivity index (χ2v) is 6.23. The molecule has 1 aromatic rings. The summed E-state index contributed by atoms with van der Waals surface area (Å²) in [5.41, 5.74) is 1.20. The lowest BCUT2D eigenvalue weighted by atomic mass is 9.89. The highest BCUT2D eigenvalue weighted by atomic mass is 35.5. The van der Waals surface area contributed by atoms with Gasteiger partial charge in [0.15, 0.2) is 0 Å². The van der Waals surface area contributed by atoms with E-state index < -0.39 is 0 Å². The molecule has 0 radical (unpaired) electrons.